The normalized spacial score (nSPS) is 8.87. The van der Waals surface area contributed by atoms with Gasteiger partial charge in [0.1, 0.15) is 0 Å². The molecular formula is C12H14N2S. The number of nitrogen functional groups attached to an aromatic ring is 2. The number of nitrogens with two attached hydrogens (primary N) is 2. The largest absolute Gasteiger partial charge is 0.397 e. The van der Waals surface area contributed by atoms with Crippen molar-refractivity contribution in [2.75, 3.05) is 11.5 Å². The van der Waals surface area contributed by atoms with Crippen molar-refractivity contribution in [1.29, 1.82) is 0 Å². The van der Waals surface area contributed by atoms with Crippen LogP contribution in [0.4, 0.5) is 11.4 Å². The molecule has 2 rings (SSSR count). The number of anilines is 2. The predicted molar refractivity (Wildman–Crippen MR) is 69.0 cm³/mol. The van der Waals surface area contributed by atoms with E-state index in [0.29, 0.717) is 11.4 Å². The van der Waals surface area contributed by atoms with Crippen molar-refractivity contribution in [3.63, 3.8) is 0 Å². The molecule has 0 heterocycles. The zero-order valence-corrected chi connectivity index (χ0v) is 9.19. The SMILES string of the molecule is Nc1ccccc1N.Sc1ccccc1. The first kappa shape index (κ1) is 11.5. The van der Waals surface area contributed by atoms with Crippen LogP contribution in [-0.4, -0.2) is 0 Å². The summed E-state index contributed by atoms with van der Waals surface area (Å²) in [5.41, 5.74) is 12.1. The zero-order valence-electron chi connectivity index (χ0n) is 8.30. The van der Waals surface area contributed by atoms with Crippen molar-refractivity contribution >= 4 is 24.0 Å². The van der Waals surface area contributed by atoms with Gasteiger partial charge in [-0.3, -0.25) is 0 Å². The highest BCUT2D eigenvalue weighted by atomic mass is 32.1. The second-order valence-electron chi connectivity index (χ2n) is 2.96. The Morgan fingerprint density at radius 2 is 1.07 bits per heavy atom. The van der Waals surface area contributed by atoms with E-state index in [-0.39, 0.29) is 0 Å². The monoisotopic (exact) mass is 218 g/mol. The Labute approximate surface area is 95.3 Å². The number of para-hydroxylation sites is 2. The van der Waals surface area contributed by atoms with Gasteiger partial charge in [-0.15, -0.1) is 12.6 Å². The van der Waals surface area contributed by atoms with E-state index in [1.165, 1.54) is 0 Å². The summed E-state index contributed by atoms with van der Waals surface area (Å²) in [5, 5.41) is 0. The molecule has 2 nitrogen and oxygen atoms in total. The van der Waals surface area contributed by atoms with E-state index < -0.39 is 0 Å². The summed E-state index contributed by atoms with van der Waals surface area (Å²) in [7, 11) is 0. The lowest BCUT2D eigenvalue weighted by molar-refractivity contribution is 1.48. The number of hydrogen-bond acceptors (Lipinski definition) is 3. The number of rotatable bonds is 0. The Balaban J connectivity index is 0.000000151. The maximum atomic E-state index is 5.39. The van der Waals surface area contributed by atoms with Crippen molar-refractivity contribution in [3.05, 3.63) is 54.6 Å². The Bertz CT molecular complexity index is 380. The van der Waals surface area contributed by atoms with Crippen molar-refractivity contribution in [3.8, 4) is 0 Å². The first-order valence-corrected chi connectivity index (χ1v) is 4.99. The van der Waals surface area contributed by atoms with Crippen molar-refractivity contribution in [1.82, 2.24) is 0 Å². The molecule has 0 amide bonds. The van der Waals surface area contributed by atoms with Crippen LogP contribution in [0.3, 0.4) is 0 Å². The lowest BCUT2D eigenvalue weighted by Crippen LogP contribution is -1.91. The Morgan fingerprint density at radius 1 is 0.667 bits per heavy atom. The predicted octanol–water partition coefficient (Wildman–Crippen LogP) is 2.83. The molecule has 0 radical (unpaired) electrons. The molecule has 4 N–H and O–H groups in total. The minimum atomic E-state index is 0.646. The summed E-state index contributed by atoms with van der Waals surface area (Å²) >= 11 is 4.08. The maximum absolute atomic E-state index is 5.39. The third kappa shape index (κ3) is 4.42. The van der Waals surface area contributed by atoms with Crippen LogP contribution >= 0.6 is 12.6 Å². The summed E-state index contributed by atoms with van der Waals surface area (Å²) in [5.74, 6) is 0. The minimum absolute atomic E-state index is 0.646. The molecule has 0 aliphatic rings. The zero-order chi connectivity index (χ0) is 11.1. The molecule has 0 unspecified atom stereocenters. The van der Waals surface area contributed by atoms with E-state index in [0.717, 1.165) is 4.90 Å². The smallest absolute Gasteiger partial charge is 0.0547 e. The van der Waals surface area contributed by atoms with Crippen molar-refractivity contribution < 1.29 is 0 Å². The molecule has 0 aromatic heterocycles. The van der Waals surface area contributed by atoms with Crippen LogP contribution in [0.25, 0.3) is 0 Å². The van der Waals surface area contributed by atoms with Gasteiger partial charge < -0.3 is 11.5 Å². The lowest BCUT2D eigenvalue weighted by Gasteiger charge is -1.94. The molecular weight excluding hydrogens is 204 g/mol. The van der Waals surface area contributed by atoms with E-state index in [1.54, 1.807) is 12.1 Å². The number of hydrogen-bond donors (Lipinski definition) is 3. The van der Waals surface area contributed by atoms with Crippen LogP contribution in [-0.2, 0) is 0 Å². The number of benzene rings is 2. The average Bonchev–Trinajstić information content (AvgIpc) is 2.25. The van der Waals surface area contributed by atoms with E-state index in [4.69, 9.17) is 11.5 Å². The molecule has 0 saturated carbocycles. The summed E-state index contributed by atoms with van der Waals surface area (Å²) in [6.45, 7) is 0. The molecule has 0 bridgehead atoms. The van der Waals surface area contributed by atoms with Crippen LogP contribution in [0.5, 0.6) is 0 Å². The highest BCUT2D eigenvalue weighted by Gasteiger charge is 1.85. The van der Waals surface area contributed by atoms with Crippen LogP contribution in [0.1, 0.15) is 0 Å². The average molecular weight is 218 g/mol. The van der Waals surface area contributed by atoms with Gasteiger partial charge in [-0.1, -0.05) is 30.3 Å². The lowest BCUT2D eigenvalue weighted by atomic mass is 10.3. The standard InChI is InChI=1S/C6H8N2.C6H6S/c7-5-3-1-2-4-6(5)8;7-6-4-2-1-3-5-6/h1-4H,7-8H2;1-5,7H. The Morgan fingerprint density at radius 3 is 1.33 bits per heavy atom. The first-order valence-electron chi connectivity index (χ1n) is 4.54. The molecule has 0 aliphatic carbocycles. The summed E-state index contributed by atoms with van der Waals surface area (Å²) < 4.78 is 0. The van der Waals surface area contributed by atoms with Crippen LogP contribution < -0.4 is 11.5 Å². The van der Waals surface area contributed by atoms with Gasteiger partial charge >= 0.3 is 0 Å². The second kappa shape index (κ2) is 5.98. The first-order chi connectivity index (χ1) is 7.20. The molecule has 2 aromatic carbocycles. The summed E-state index contributed by atoms with van der Waals surface area (Å²) in [6.07, 6.45) is 0. The van der Waals surface area contributed by atoms with Crippen molar-refractivity contribution in [2.24, 2.45) is 0 Å². The van der Waals surface area contributed by atoms with E-state index in [9.17, 15) is 0 Å². The molecule has 15 heavy (non-hydrogen) atoms. The molecule has 0 aliphatic heterocycles. The van der Waals surface area contributed by atoms with Gasteiger partial charge in [-0.25, -0.2) is 0 Å². The van der Waals surface area contributed by atoms with Gasteiger partial charge in [0, 0.05) is 4.90 Å². The maximum Gasteiger partial charge on any atom is 0.0547 e. The van der Waals surface area contributed by atoms with Crippen LogP contribution in [0.15, 0.2) is 59.5 Å². The van der Waals surface area contributed by atoms with Gasteiger partial charge in [-0.2, -0.15) is 0 Å². The van der Waals surface area contributed by atoms with E-state index >= 15 is 0 Å². The molecule has 78 valence electrons. The molecule has 0 atom stereocenters. The van der Waals surface area contributed by atoms with E-state index in [2.05, 4.69) is 12.6 Å². The third-order valence-electron chi connectivity index (χ3n) is 1.75. The topological polar surface area (TPSA) is 52.0 Å². The van der Waals surface area contributed by atoms with Gasteiger partial charge in [0.05, 0.1) is 11.4 Å². The summed E-state index contributed by atoms with van der Waals surface area (Å²) in [4.78, 5) is 1.02. The summed E-state index contributed by atoms with van der Waals surface area (Å²) in [6, 6.07) is 17.0. The Hall–Kier alpha value is -1.61. The van der Waals surface area contributed by atoms with Gasteiger partial charge in [0.15, 0.2) is 0 Å². The highest BCUT2D eigenvalue weighted by molar-refractivity contribution is 7.80. The van der Waals surface area contributed by atoms with Crippen LogP contribution in [0.2, 0.25) is 0 Å². The molecule has 0 saturated heterocycles. The fraction of sp³-hybridized carbons (Fsp3) is 0. The van der Waals surface area contributed by atoms with Gasteiger partial charge in [-0.05, 0) is 24.3 Å². The highest BCUT2D eigenvalue weighted by Crippen LogP contribution is 2.10. The number of thiol groups is 1. The second-order valence-corrected chi connectivity index (χ2v) is 3.48. The molecule has 3 heteroatoms. The fourth-order valence-corrected chi connectivity index (χ4v) is 1.11. The Kier molecular flexibility index (Phi) is 4.57. The quantitative estimate of drug-likeness (QED) is 0.470. The van der Waals surface area contributed by atoms with Gasteiger partial charge in [0.25, 0.3) is 0 Å². The molecule has 2 aromatic rings. The van der Waals surface area contributed by atoms with E-state index in [1.807, 2.05) is 42.5 Å². The molecule has 0 fully saturated rings. The minimum Gasteiger partial charge on any atom is -0.397 e. The third-order valence-corrected chi connectivity index (χ3v) is 2.05. The fourth-order valence-electron chi connectivity index (χ4n) is 0.939. The molecule has 0 spiro atoms. The van der Waals surface area contributed by atoms with Crippen LogP contribution in [0, 0.1) is 0 Å². The van der Waals surface area contributed by atoms with Gasteiger partial charge in [0.2, 0.25) is 0 Å². The van der Waals surface area contributed by atoms with Crippen molar-refractivity contribution in [2.45, 2.75) is 4.90 Å².